The van der Waals surface area contributed by atoms with Crippen molar-refractivity contribution in [2.45, 2.75) is 62.8 Å². The highest BCUT2D eigenvalue weighted by atomic mass is 31.2. The number of piperazine rings is 1. The number of carbonyl (C=O) groups excluding carboxylic acids is 2. The summed E-state index contributed by atoms with van der Waals surface area (Å²) >= 11 is 0. The van der Waals surface area contributed by atoms with E-state index in [0.29, 0.717) is 31.2 Å². The number of aryl methyl sites for hydroxylation is 1. The fraction of sp³-hybridized carbons (Fsp3) is 0.609. The maximum atomic E-state index is 13.8. The topological polar surface area (TPSA) is 125 Å². The maximum absolute atomic E-state index is 13.8. The summed E-state index contributed by atoms with van der Waals surface area (Å²) in [6.07, 6.45) is -1.71. The Labute approximate surface area is 210 Å². The quantitative estimate of drug-likeness (QED) is 0.554. The number of amides is 2. The zero-order chi connectivity index (χ0) is 26.7. The second kappa shape index (κ2) is 9.37. The van der Waals surface area contributed by atoms with Crippen molar-refractivity contribution in [2.75, 3.05) is 19.6 Å². The highest BCUT2D eigenvalue weighted by Gasteiger charge is 2.39. The smallest absolute Gasteiger partial charge is 0.336 e. The molecule has 2 N–H and O–H groups in total. The summed E-state index contributed by atoms with van der Waals surface area (Å²) in [5.41, 5.74) is -0.311. The lowest BCUT2D eigenvalue weighted by Crippen LogP contribution is -2.56. The molecule has 1 saturated heterocycles. The molecule has 2 aliphatic carbocycles. The largest absolute Gasteiger partial charge is 0.469 e. The first kappa shape index (κ1) is 26.1. The van der Waals surface area contributed by atoms with Gasteiger partial charge in [0.2, 0.25) is 5.91 Å². The van der Waals surface area contributed by atoms with Crippen LogP contribution in [0.4, 0.5) is 13.2 Å². The minimum absolute atomic E-state index is 0.0867. The van der Waals surface area contributed by atoms with Gasteiger partial charge < -0.3 is 24.2 Å². The molecule has 2 aromatic rings. The van der Waals surface area contributed by atoms with E-state index in [9.17, 15) is 27.3 Å². The molecule has 3 aliphatic rings. The van der Waals surface area contributed by atoms with Gasteiger partial charge >= 0.3 is 14.0 Å². The van der Waals surface area contributed by atoms with E-state index in [-0.39, 0.29) is 54.4 Å². The number of aromatic nitrogens is 2. The lowest BCUT2D eigenvalue weighted by Gasteiger charge is -2.41. The molecule has 0 radical (unpaired) electrons. The number of rotatable bonds is 5. The lowest BCUT2D eigenvalue weighted by atomic mass is 9.91. The first-order valence-corrected chi connectivity index (χ1v) is 13.7. The van der Waals surface area contributed by atoms with Crippen molar-refractivity contribution >= 4 is 30.7 Å². The van der Waals surface area contributed by atoms with E-state index in [1.807, 2.05) is 0 Å². The van der Waals surface area contributed by atoms with E-state index < -0.39 is 31.6 Å². The number of halogens is 3. The predicted molar refractivity (Wildman–Crippen MR) is 124 cm³/mol. The number of carbonyl (C=O) groups is 2. The van der Waals surface area contributed by atoms with Crippen LogP contribution >= 0.6 is 7.82 Å². The van der Waals surface area contributed by atoms with E-state index in [4.69, 9.17) is 14.3 Å². The van der Waals surface area contributed by atoms with Crippen LogP contribution in [0.5, 0.6) is 0 Å². The summed E-state index contributed by atoms with van der Waals surface area (Å²) in [6, 6.07) is 2.66. The number of phosphoric acid groups is 1. The molecule has 3 fully saturated rings. The van der Waals surface area contributed by atoms with E-state index >= 15 is 0 Å². The highest BCUT2D eigenvalue weighted by Crippen LogP contribution is 2.44. The molecular weight excluding hydrogens is 516 g/mol. The van der Waals surface area contributed by atoms with Crippen molar-refractivity contribution in [3.63, 3.8) is 0 Å². The molecular formula is C23H28F3N4O6P. The normalized spacial score (nSPS) is 23.7. The van der Waals surface area contributed by atoms with Crippen LogP contribution in [0.15, 0.2) is 12.1 Å². The van der Waals surface area contributed by atoms with Gasteiger partial charge in [0, 0.05) is 26.2 Å². The lowest BCUT2D eigenvalue weighted by molar-refractivity contribution is -0.139. The van der Waals surface area contributed by atoms with Crippen LogP contribution < -0.4 is 0 Å². The number of alkyl halides is 3. The summed E-state index contributed by atoms with van der Waals surface area (Å²) in [4.78, 5) is 51.2. The Balaban J connectivity index is 1.30. The van der Waals surface area contributed by atoms with E-state index in [1.165, 1.54) is 16.5 Å². The Morgan fingerprint density at radius 1 is 1.11 bits per heavy atom. The van der Waals surface area contributed by atoms with Crippen molar-refractivity contribution in [1.82, 2.24) is 19.4 Å². The number of hydrogen-bond acceptors (Lipinski definition) is 5. The van der Waals surface area contributed by atoms with Crippen LogP contribution in [0.25, 0.3) is 11.0 Å². The maximum Gasteiger partial charge on any atom is 0.469 e. The third-order valence-corrected chi connectivity index (χ3v) is 8.04. The summed E-state index contributed by atoms with van der Waals surface area (Å²) in [5, 5.41) is 0. The van der Waals surface area contributed by atoms with Gasteiger partial charge in [-0.3, -0.25) is 14.1 Å². The molecule has 1 aliphatic heterocycles. The molecule has 2 heterocycles. The number of nitrogens with zero attached hydrogens (tertiary/aromatic N) is 4. The van der Waals surface area contributed by atoms with Gasteiger partial charge in [-0.1, -0.05) is 0 Å². The van der Waals surface area contributed by atoms with Crippen molar-refractivity contribution in [3.05, 3.63) is 29.1 Å². The van der Waals surface area contributed by atoms with Gasteiger partial charge in [0.25, 0.3) is 5.91 Å². The number of phosphoric ester groups is 1. The van der Waals surface area contributed by atoms with Crippen LogP contribution in [0, 0.1) is 0 Å². The van der Waals surface area contributed by atoms with E-state index in [1.54, 1.807) is 11.0 Å². The molecule has 1 aromatic heterocycles. The van der Waals surface area contributed by atoms with E-state index in [2.05, 4.69) is 4.98 Å². The van der Waals surface area contributed by atoms with Crippen LogP contribution in [0.3, 0.4) is 0 Å². The Hall–Kier alpha value is -2.47. The summed E-state index contributed by atoms with van der Waals surface area (Å²) < 4.78 is 58.6. The fourth-order valence-electron chi connectivity index (χ4n) is 5.41. The number of benzene rings is 1. The van der Waals surface area contributed by atoms with Crippen molar-refractivity contribution < 1.29 is 41.6 Å². The molecule has 0 atom stereocenters. The van der Waals surface area contributed by atoms with Gasteiger partial charge in [0.1, 0.15) is 12.1 Å². The second-order valence-corrected chi connectivity index (χ2v) is 11.2. The third-order valence-electron chi connectivity index (χ3n) is 7.47. The molecule has 37 heavy (non-hydrogen) atoms. The minimum atomic E-state index is -4.62. The van der Waals surface area contributed by atoms with Gasteiger partial charge in [-0.25, -0.2) is 9.55 Å². The molecule has 10 nitrogen and oxygen atoms in total. The summed E-state index contributed by atoms with van der Waals surface area (Å²) in [5.74, 6) is -0.954. The zero-order valence-corrected chi connectivity index (χ0v) is 21.0. The van der Waals surface area contributed by atoms with Crippen LogP contribution in [-0.2, 0) is 27.1 Å². The molecule has 0 bridgehead atoms. The van der Waals surface area contributed by atoms with Crippen LogP contribution in [0.2, 0.25) is 0 Å². The Morgan fingerprint density at radius 2 is 1.78 bits per heavy atom. The van der Waals surface area contributed by atoms with Gasteiger partial charge in [0.15, 0.2) is 5.82 Å². The van der Waals surface area contributed by atoms with Gasteiger partial charge in [-0.05, 0) is 62.1 Å². The van der Waals surface area contributed by atoms with Gasteiger partial charge in [-0.15, -0.1) is 0 Å². The first-order chi connectivity index (χ1) is 17.3. The monoisotopic (exact) mass is 544 g/mol. The Morgan fingerprint density at radius 3 is 2.35 bits per heavy atom. The molecule has 0 unspecified atom stereocenters. The van der Waals surface area contributed by atoms with Crippen molar-refractivity contribution in [3.8, 4) is 0 Å². The number of fused-ring (bicyclic) bond motifs is 1. The predicted octanol–water partition coefficient (Wildman–Crippen LogP) is 3.17. The average molecular weight is 544 g/mol. The molecule has 5 rings (SSSR count). The molecule has 14 heteroatoms. The van der Waals surface area contributed by atoms with Gasteiger partial charge in [-0.2, -0.15) is 13.2 Å². The Kier molecular flexibility index (Phi) is 6.62. The minimum Gasteiger partial charge on any atom is -0.336 e. The SMILES string of the molecule is Cn1c(C(=O)N2CCN(C3CCC(OP(=O)(O)O)CC3)C(=O)C2)nc2c(C(F)(F)F)cc(C3CC3)cc21. The molecule has 0 spiro atoms. The van der Waals surface area contributed by atoms with Crippen LogP contribution in [0.1, 0.15) is 66.2 Å². The standard InChI is InChI=1S/C23H28F3N4O6P/c1-28-18-11-14(13-2-3-13)10-17(23(24,25)26)20(18)27-21(28)22(32)29-8-9-30(19(31)12-29)15-4-6-16(7-5-15)36-37(33,34)35/h10-11,13,15-16H,2-9,12H2,1H3,(H2,33,34,35). The first-order valence-electron chi connectivity index (χ1n) is 12.2. The van der Waals surface area contributed by atoms with Crippen LogP contribution in [-0.4, -0.2) is 72.7 Å². The van der Waals surface area contributed by atoms with Gasteiger partial charge in [0.05, 0.1) is 17.2 Å². The summed E-state index contributed by atoms with van der Waals surface area (Å²) in [6.45, 7) is 0.232. The fourth-order valence-corrected chi connectivity index (χ4v) is 6.01. The molecule has 2 saturated carbocycles. The van der Waals surface area contributed by atoms with Crippen molar-refractivity contribution in [2.24, 2.45) is 7.05 Å². The molecule has 202 valence electrons. The van der Waals surface area contributed by atoms with E-state index in [0.717, 1.165) is 18.9 Å². The molecule has 2 amide bonds. The number of imidazole rings is 1. The summed E-state index contributed by atoms with van der Waals surface area (Å²) in [7, 11) is -3.06. The van der Waals surface area contributed by atoms with Crippen molar-refractivity contribution in [1.29, 1.82) is 0 Å². The number of hydrogen-bond donors (Lipinski definition) is 2. The Bertz CT molecular complexity index is 1280. The molecule has 1 aromatic carbocycles. The third kappa shape index (κ3) is 5.41. The average Bonchev–Trinajstić information content (AvgIpc) is 3.61. The highest BCUT2D eigenvalue weighted by molar-refractivity contribution is 7.46. The zero-order valence-electron chi connectivity index (χ0n) is 20.1. The second-order valence-electron chi connectivity index (χ2n) is 10.0.